The summed E-state index contributed by atoms with van der Waals surface area (Å²) in [6.07, 6.45) is 8.74. The molecule has 0 amide bonds. The van der Waals surface area contributed by atoms with Crippen molar-refractivity contribution >= 4 is 35.7 Å². The van der Waals surface area contributed by atoms with Gasteiger partial charge in [-0.25, -0.2) is 0 Å². The molecule has 2 N–H and O–H groups in total. The number of hydrogen-bond donors (Lipinski definition) is 2. The largest absolute Gasteiger partial charge is 0.369 e. The maximum absolute atomic E-state index is 3.41. The lowest BCUT2D eigenvalue weighted by molar-refractivity contribution is 0.589. The van der Waals surface area contributed by atoms with Crippen molar-refractivity contribution in [2.24, 2.45) is 0 Å². The minimum atomic E-state index is 1.07. The lowest BCUT2D eigenvalue weighted by atomic mass is 10.1. The monoisotopic (exact) mass is 450 g/mol. The molecule has 0 spiro atoms. The molecule has 4 heteroatoms. The lowest BCUT2D eigenvalue weighted by Gasteiger charge is -2.29. The molecule has 0 aromatic heterocycles. The van der Waals surface area contributed by atoms with Crippen LogP contribution in [0.5, 0.6) is 0 Å². The van der Waals surface area contributed by atoms with Crippen molar-refractivity contribution in [3.05, 3.63) is 95.1 Å². The van der Waals surface area contributed by atoms with Gasteiger partial charge in [0.25, 0.3) is 0 Å². The van der Waals surface area contributed by atoms with Gasteiger partial charge in [0, 0.05) is 63.7 Å². The van der Waals surface area contributed by atoms with Gasteiger partial charge in [-0.2, -0.15) is 0 Å². The highest BCUT2D eigenvalue weighted by atomic mass is 15.2. The third-order valence-electron chi connectivity index (χ3n) is 6.62. The summed E-state index contributed by atoms with van der Waals surface area (Å²) < 4.78 is 0. The van der Waals surface area contributed by atoms with Crippen LogP contribution in [0.3, 0.4) is 0 Å². The second-order valence-corrected chi connectivity index (χ2v) is 8.99. The van der Waals surface area contributed by atoms with Crippen molar-refractivity contribution < 1.29 is 0 Å². The second-order valence-electron chi connectivity index (χ2n) is 8.99. The average molecular weight is 451 g/mol. The molecular formula is C30H34N4. The lowest BCUT2D eigenvalue weighted by Crippen LogP contribution is -2.43. The molecule has 34 heavy (non-hydrogen) atoms. The van der Waals surface area contributed by atoms with Crippen LogP contribution < -0.4 is 20.4 Å². The molecule has 0 unspecified atom stereocenters. The summed E-state index contributed by atoms with van der Waals surface area (Å²) in [6.45, 7) is 8.59. The Balaban J connectivity index is 1.16. The Kier molecular flexibility index (Phi) is 7.39. The van der Waals surface area contributed by atoms with Gasteiger partial charge in [0.1, 0.15) is 0 Å². The molecule has 2 aliphatic heterocycles. The van der Waals surface area contributed by atoms with E-state index in [1.165, 1.54) is 33.6 Å². The Morgan fingerprint density at radius 1 is 0.412 bits per heavy atom. The first kappa shape index (κ1) is 22.5. The van der Waals surface area contributed by atoms with Crippen molar-refractivity contribution in [2.75, 3.05) is 62.2 Å². The van der Waals surface area contributed by atoms with Crippen LogP contribution in [0.2, 0.25) is 0 Å². The van der Waals surface area contributed by atoms with Crippen LogP contribution >= 0.6 is 0 Å². The first-order valence-electron chi connectivity index (χ1n) is 12.4. The highest BCUT2D eigenvalue weighted by Gasteiger charge is 2.10. The van der Waals surface area contributed by atoms with Crippen LogP contribution in [0.1, 0.15) is 22.3 Å². The van der Waals surface area contributed by atoms with Gasteiger partial charge in [-0.1, -0.05) is 72.8 Å². The third-order valence-corrected chi connectivity index (χ3v) is 6.62. The molecule has 2 saturated heterocycles. The summed E-state index contributed by atoms with van der Waals surface area (Å²) in [7, 11) is 0. The fourth-order valence-electron chi connectivity index (χ4n) is 4.54. The fourth-order valence-corrected chi connectivity index (χ4v) is 4.54. The van der Waals surface area contributed by atoms with Gasteiger partial charge in [-0.15, -0.1) is 0 Å². The molecule has 0 radical (unpaired) electrons. The molecule has 174 valence electrons. The van der Waals surface area contributed by atoms with Crippen LogP contribution in [0, 0.1) is 0 Å². The molecule has 5 rings (SSSR count). The molecule has 0 saturated carbocycles. The van der Waals surface area contributed by atoms with Gasteiger partial charge in [0.05, 0.1) is 0 Å². The first-order chi connectivity index (χ1) is 16.8. The summed E-state index contributed by atoms with van der Waals surface area (Å²) in [5.41, 5.74) is 7.51. The van der Waals surface area contributed by atoms with Crippen molar-refractivity contribution in [2.45, 2.75) is 0 Å². The Labute approximate surface area is 203 Å². The summed E-state index contributed by atoms with van der Waals surface area (Å²) in [5, 5.41) is 6.81. The van der Waals surface area contributed by atoms with E-state index in [2.05, 4.69) is 118 Å². The number of anilines is 2. The van der Waals surface area contributed by atoms with Gasteiger partial charge < -0.3 is 20.4 Å². The maximum Gasteiger partial charge on any atom is 0.0367 e. The minimum absolute atomic E-state index is 1.07. The van der Waals surface area contributed by atoms with Crippen LogP contribution in [-0.2, 0) is 0 Å². The SMILES string of the molecule is C(=C\c1ccc(N2CCNCC2)cc1)/c1ccc(/C=C/c2ccc(N3CCNCC3)cc2)cc1. The molecule has 2 heterocycles. The summed E-state index contributed by atoms with van der Waals surface area (Å²) in [5.74, 6) is 0. The summed E-state index contributed by atoms with van der Waals surface area (Å²) in [6, 6.07) is 26.5. The van der Waals surface area contributed by atoms with E-state index < -0.39 is 0 Å². The zero-order valence-electron chi connectivity index (χ0n) is 19.8. The van der Waals surface area contributed by atoms with Crippen molar-refractivity contribution in [3.8, 4) is 0 Å². The van der Waals surface area contributed by atoms with E-state index in [0.29, 0.717) is 0 Å². The molecule has 3 aromatic carbocycles. The van der Waals surface area contributed by atoms with Crippen molar-refractivity contribution in [1.29, 1.82) is 0 Å². The number of benzene rings is 3. The van der Waals surface area contributed by atoms with E-state index >= 15 is 0 Å². The van der Waals surface area contributed by atoms with Gasteiger partial charge in [-0.3, -0.25) is 0 Å². The topological polar surface area (TPSA) is 30.5 Å². The fraction of sp³-hybridized carbons (Fsp3) is 0.267. The molecule has 0 aliphatic carbocycles. The summed E-state index contributed by atoms with van der Waals surface area (Å²) in [4.78, 5) is 4.88. The number of hydrogen-bond acceptors (Lipinski definition) is 4. The molecular weight excluding hydrogens is 416 g/mol. The first-order valence-corrected chi connectivity index (χ1v) is 12.4. The predicted molar refractivity (Wildman–Crippen MR) is 147 cm³/mol. The van der Waals surface area contributed by atoms with Crippen LogP contribution in [0.4, 0.5) is 11.4 Å². The minimum Gasteiger partial charge on any atom is -0.369 e. The Hall–Kier alpha value is -3.34. The third kappa shape index (κ3) is 5.96. The van der Waals surface area contributed by atoms with E-state index in [1.54, 1.807) is 0 Å². The Morgan fingerprint density at radius 3 is 0.971 bits per heavy atom. The molecule has 3 aromatic rings. The zero-order chi connectivity index (χ0) is 23.0. The average Bonchev–Trinajstić information content (AvgIpc) is 2.93. The highest BCUT2D eigenvalue weighted by Crippen LogP contribution is 2.19. The number of nitrogens with one attached hydrogen (secondary N) is 2. The van der Waals surface area contributed by atoms with Crippen molar-refractivity contribution in [3.63, 3.8) is 0 Å². The van der Waals surface area contributed by atoms with E-state index in [-0.39, 0.29) is 0 Å². The van der Waals surface area contributed by atoms with E-state index in [9.17, 15) is 0 Å². The number of rotatable bonds is 6. The van der Waals surface area contributed by atoms with Gasteiger partial charge in [0.2, 0.25) is 0 Å². The van der Waals surface area contributed by atoms with Crippen LogP contribution in [0.15, 0.2) is 72.8 Å². The molecule has 0 bridgehead atoms. The summed E-state index contributed by atoms with van der Waals surface area (Å²) >= 11 is 0. The Morgan fingerprint density at radius 2 is 0.676 bits per heavy atom. The molecule has 2 aliphatic rings. The van der Waals surface area contributed by atoms with Crippen LogP contribution in [-0.4, -0.2) is 52.4 Å². The highest BCUT2D eigenvalue weighted by molar-refractivity contribution is 5.74. The normalized spacial score (nSPS) is 17.1. The van der Waals surface area contributed by atoms with E-state index in [1.807, 2.05) is 0 Å². The van der Waals surface area contributed by atoms with Crippen LogP contribution in [0.25, 0.3) is 24.3 Å². The van der Waals surface area contributed by atoms with Gasteiger partial charge in [0.15, 0.2) is 0 Å². The van der Waals surface area contributed by atoms with E-state index in [4.69, 9.17) is 0 Å². The molecule has 0 atom stereocenters. The van der Waals surface area contributed by atoms with E-state index in [0.717, 1.165) is 52.4 Å². The molecule has 2 fully saturated rings. The quantitative estimate of drug-likeness (QED) is 0.526. The maximum atomic E-state index is 3.41. The van der Waals surface area contributed by atoms with Gasteiger partial charge in [-0.05, 0) is 46.5 Å². The Bertz CT molecular complexity index is 996. The smallest absolute Gasteiger partial charge is 0.0367 e. The standard InChI is InChI=1S/C30H34N4/c1-2-26(6-8-28-11-15-30(16-12-28)34-23-19-32-20-24-34)4-3-25(1)5-7-27-9-13-29(14-10-27)33-21-17-31-18-22-33/h1-16,31-32H,17-24H2/b7-5+,8-6+. The zero-order valence-corrected chi connectivity index (χ0v) is 19.8. The predicted octanol–water partition coefficient (Wildman–Crippen LogP) is 4.85. The van der Waals surface area contributed by atoms with Crippen molar-refractivity contribution in [1.82, 2.24) is 10.6 Å². The number of piperazine rings is 2. The second kappa shape index (κ2) is 11.2. The molecule has 4 nitrogen and oxygen atoms in total. The van der Waals surface area contributed by atoms with Gasteiger partial charge >= 0.3 is 0 Å². The number of nitrogens with zero attached hydrogens (tertiary/aromatic N) is 2.